The molecule has 0 aromatic rings. The van der Waals surface area contributed by atoms with Gasteiger partial charge in [0.2, 0.25) is 0 Å². The summed E-state index contributed by atoms with van der Waals surface area (Å²) in [5.74, 6) is -0.826. The number of rotatable bonds is 1. The molecule has 0 aromatic heterocycles. The first-order chi connectivity index (χ1) is 4.22. The second-order valence-electron chi connectivity index (χ2n) is 2.46. The molecule has 1 rings (SSSR count). The van der Waals surface area contributed by atoms with E-state index in [1.54, 1.807) is 0 Å². The van der Waals surface area contributed by atoms with Crippen LogP contribution in [0.25, 0.3) is 0 Å². The van der Waals surface area contributed by atoms with Crippen LogP contribution in [0.15, 0.2) is 0 Å². The summed E-state index contributed by atoms with van der Waals surface area (Å²) in [7, 11) is 0. The predicted octanol–water partition coefficient (Wildman–Crippen LogP) is 0.354. The number of carboxylic acid groups (broad SMARTS) is 1. The molecule has 2 unspecified atom stereocenters. The Hall–Kier alpha value is -0.570. The van der Waals surface area contributed by atoms with Crippen molar-refractivity contribution in [1.29, 1.82) is 0 Å². The Bertz CT molecular complexity index is 121. The topological polar surface area (TPSA) is 46.5 Å². The van der Waals surface area contributed by atoms with E-state index < -0.39 is 5.97 Å². The molecule has 0 aliphatic carbocycles. The van der Waals surface area contributed by atoms with E-state index in [2.05, 4.69) is 0 Å². The van der Waals surface area contributed by atoms with Crippen molar-refractivity contribution in [3.8, 4) is 0 Å². The third-order valence-electron chi connectivity index (χ3n) is 1.68. The molecule has 0 radical (unpaired) electrons. The Morgan fingerprint density at radius 3 is 2.56 bits per heavy atom. The fraction of sp³-hybridized carbons (Fsp3) is 0.833. The lowest BCUT2D eigenvalue weighted by Gasteiger charge is -2.04. The van der Waals surface area contributed by atoms with Crippen LogP contribution in [0.2, 0.25) is 0 Å². The maximum Gasteiger partial charge on any atom is 0.309 e. The number of hydrogen-bond acceptors (Lipinski definition) is 2. The molecule has 2 atom stereocenters. The van der Waals surface area contributed by atoms with Crippen molar-refractivity contribution in [1.82, 2.24) is 0 Å². The first kappa shape index (κ1) is 6.55. The largest absolute Gasteiger partial charge is 0.481 e. The van der Waals surface area contributed by atoms with Crippen molar-refractivity contribution in [3.05, 3.63) is 0 Å². The monoisotopic (exact) mass is 130 g/mol. The third-order valence-corrected chi connectivity index (χ3v) is 1.68. The molecule has 0 aromatic carbocycles. The lowest BCUT2D eigenvalue weighted by molar-refractivity contribution is -0.142. The molecule has 0 spiro atoms. The molecule has 1 N–H and O–H groups in total. The molecule has 1 aliphatic heterocycles. The minimum atomic E-state index is -0.736. The molecular weight excluding hydrogens is 120 g/mol. The van der Waals surface area contributed by atoms with Crippen molar-refractivity contribution in [2.75, 3.05) is 13.2 Å². The van der Waals surface area contributed by atoms with Crippen molar-refractivity contribution in [2.24, 2.45) is 11.8 Å². The van der Waals surface area contributed by atoms with Crippen LogP contribution in [-0.4, -0.2) is 24.3 Å². The fourth-order valence-electron chi connectivity index (χ4n) is 0.976. The zero-order valence-corrected chi connectivity index (χ0v) is 5.33. The van der Waals surface area contributed by atoms with E-state index in [1.807, 2.05) is 6.92 Å². The number of carboxylic acids is 1. The van der Waals surface area contributed by atoms with Gasteiger partial charge in [0.05, 0.1) is 19.1 Å². The minimum absolute atomic E-state index is 0.183. The average Bonchev–Trinajstić information content (AvgIpc) is 2.13. The zero-order valence-electron chi connectivity index (χ0n) is 5.33. The Balaban J connectivity index is 2.49. The van der Waals surface area contributed by atoms with Gasteiger partial charge in [-0.15, -0.1) is 0 Å². The molecule has 3 heteroatoms. The van der Waals surface area contributed by atoms with Crippen molar-refractivity contribution in [2.45, 2.75) is 6.92 Å². The standard InChI is InChI=1S/C6H10O3/c1-4-2-9-3-5(4)6(7)8/h4-5H,2-3H2,1H3,(H,7,8). The highest BCUT2D eigenvalue weighted by Gasteiger charge is 2.30. The lowest BCUT2D eigenvalue weighted by Crippen LogP contribution is -2.19. The molecule has 1 heterocycles. The Morgan fingerprint density at radius 2 is 2.33 bits per heavy atom. The summed E-state index contributed by atoms with van der Waals surface area (Å²) in [6.45, 7) is 2.87. The highest BCUT2D eigenvalue weighted by molar-refractivity contribution is 5.70. The van der Waals surface area contributed by atoms with Gasteiger partial charge in [-0.2, -0.15) is 0 Å². The van der Waals surface area contributed by atoms with Crippen LogP contribution in [0.3, 0.4) is 0 Å². The maximum absolute atomic E-state index is 10.3. The number of aliphatic carboxylic acids is 1. The smallest absolute Gasteiger partial charge is 0.309 e. The fourth-order valence-corrected chi connectivity index (χ4v) is 0.976. The average molecular weight is 130 g/mol. The summed E-state index contributed by atoms with van der Waals surface area (Å²) in [4.78, 5) is 10.3. The van der Waals surface area contributed by atoms with Gasteiger partial charge in [0.25, 0.3) is 0 Å². The van der Waals surface area contributed by atoms with Gasteiger partial charge in [0.15, 0.2) is 0 Å². The molecule has 0 saturated carbocycles. The summed E-state index contributed by atoms with van der Waals surface area (Å²) in [5, 5.41) is 8.50. The summed E-state index contributed by atoms with van der Waals surface area (Å²) >= 11 is 0. The summed E-state index contributed by atoms with van der Waals surface area (Å²) < 4.78 is 4.95. The van der Waals surface area contributed by atoms with E-state index in [-0.39, 0.29) is 11.8 Å². The van der Waals surface area contributed by atoms with Crippen LogP contribution in [0.4, 0.5) is 0 Å². The van der Waals surface area contributed by atoms with Gasteiger partial charge in [0.1, 0.15) is 0 Å². The molecule has 0 amide bonds. The van der Waals surface area contributed by atoms with Crippen LogP contribution in [0.5, 0.6) is 0 Å². The second-order valence-corrected chi connectivity index (χ2v) is 2.46. The quantitative estimate of drug-likeness (QED) is 0.557. The predicted molar refractivity (Wildman–Crippen MR) is 31.1 cm³/mol. The van der Waals surface area contributed by atoms with E-state index >= 15 is 0 Å². The summed E-state index contributed by atoms with van der Waals surface area (Å²) in [6.07, 6.45) is 0. The highest BCUT2D eigenvalue weighted by atomic mass is 16.5. The number of carbonyl (C=O) groups is 1. The Labute approximate surface area is 53.6 Å². The summed E-state index contributed by atoms with van der Waals surface area (Å²) in [6, 6.07) is 0. The molecule has 0 bridgehead atoms. The van der Waals surface area contributed by atoms with Gasteiger partial charge in [-0.25, -0.2) is 0 Å². The zero-order chi connectivity index (χ0) is 6.85. The van der Waals surface area contributed by atoms with Crippen molar-refractivity contribution < 1.29 is 14.6 Å². The van der Waals surface area contributed by atoms with Crippen LogP contribution in [0.1, 0.15) is 6.92 Å². The molecule has 3 nitrogen and oxygen atoms in total. The normalized spacial score (nSPS) is 34.8. The van der Waals surface area contributed by atoms with Crippen LogP contribution in [0, 0.1) is 11.8 Å². The van der Waals surface area contributed by atoms with Gasteiger partial charge in [-0.3, -0.25) is 4.79 Å². The Morgan fingerprint density at radius 1 is 1.67 bits per heavy atom. The SMILES string of the molecule is CC1COCC1C(=O)O. The Kier molecular flexibility index (Phi) is 1.71. The molecule has 1 saturated heterocycles. The van der Waals surface area contributed by atoms with E-state index in [0.29, 0.717) is 13.2 Å². The molecule has 1 fully saturated rings. The van der Waals surface area contributed by atoms with Crippen LogP contribution in [-0.2, 0) is 9.53 Å². The molecule has 9 heavy (non-hydrogen) atoms. The highest BCUT2D eigenvalue weighted by Crippen LogP contribution is 2.19. The van der Waals surface area contributed by atoms with E-state index in [1.165, 1.54) is 0 Å². The second kappa shape index (κ2) is 2.35. The van der Waals surface area contributed by atoms with Crippen molar-refractivity contribution in [3.63, 3.8) is 0 Å². The molecule has 52 valence electrons. The lowest BCUT2D eigenvalue weighted by atomic mass is 9.99. The van der Waals surface area contributed by atoms with Gasteiger partial charge in [-0.1, -0.05) is 6.92 Å². The number of hydrogen-bond donors (Lipinski definition) is 1. The van der Waals surface area contributed by atoms with Gasteiger partial charge < -0.3 is 9.84 Å². The summed E-state index contributed by atoms with van der Waals surface area (Å²) in [5.41, 5.74) is 0. The van der Waals surface area contributed by atoms with Gasteiger partial charge in [0, 0.05) is 0 Å². The van der Waals surface area contributed by atoms with Crippen LogP contribution < -0.4 is 0 Å². The third kappa shape index (κ3) is 1.21. The number of ether oxygens (including phenoxy) is 1. The van der Waals surface area contributed by atoms with E-state index in [0.717, 1.165) is 0 Å². The van der Waals surface area contributed by atoms with E-state index in [4.69, 9.17) is 9.84 Å². The van der Waals surface area contributed by atoms with Crippen molar-refractivity contribution >= 4 is 5.97 Å². The van der Waals surface area contributed by atoms with E-state index in [9.17, 15) is 4.79 Å². The molecular formula is C6H10O3. The van der Waals surface area contributed by atoms with Gasteiger partial charge >= 0.3 is 5.97 Å². The first-order valence-electron chi connectivity index (χ1n) is 3.02. The van der Waals surface area contributed by atoms with Crippen LogP contribution >= 0.6 is 0 Å². The molecule has 1 aliphatic rings. The first-order valence-corrected chi connectivity index (χ1v) is 3.02. The maximum atomic E-state index is 10.3. The van der Waals surface area contributed by atoms with Gasteiger partial charge in [-0.05, 0) is 5.92 Å². The minimum Gasteiger partial charge on any atom is -0.481 e.